The third kappa shape index (κ3) is 3.58. The van der Waals surface area contributed by atoms with Gasteiger partial charge in [0.25, 0.3) is 5.91 Å². The monoisotopic (exact) mass is 359 g/mol. The van der Waals surface area contributed by atoms with Gasteiger partial charge in [0, 0.05) is 10.6 Å². The van der Waals surface area contributed by atoms with Crippen molar-refractivity contribution in [2.75, 3.05) is 19.5 Å². The van der Waals surface area contributed by atoms with E-state index < -0.39 is 0 Å². The van der Waals surface area contributed by atoms with Crippen LogP contribution in [0.5, 0.6) is 11.5 Å². The van der Waals surface area contributed by atoms with Crippen LogP contribution in [0.25, 0.3) is 0 Å². The molecule has 0 spiro atoms. The topological polar surface area (TPSA) is 47.6 Å². The summed E-state index contributed by atoms with van der Waals surface area (Å²) in [6.45, 7) is 0. The van der Waals surface area contributed by atoms with Crippen molar-refractivity contribution in [2.45, 2.75) is 0 Å². The van der Waals surface area contributed by atoms with Crippen LogP contribution < -0.4 is 14.8 Å². The second-order valence-electron chi connectivity index (χ2n) is 4.27. The Morgan fingerprint density at radius 3 is 2.32 bits per heavy atom. The van der Waals surface area contributed by atoms with Gasteiger partial charge in [0.2, 0.25) is 0 Å². The lowest BCUT2D eigenvalue weighted by atomic mass is 10.1. The van der Waals surface area contributed by atoms with Crippen molar-refractivity contribution in [1.82, 2.24) is 0 Å². The molecule has 2 aromatic rings. The molecule has 0 aliphatic heterocycles. The summed E-state index contributed by atoms with van der Waals surface area (Å²) in [5, 5.41) is 3.78. The summed E-state index contributed by atoms with van der Waals surface area (Å²) in [5.74, 6) is 0.347. The van der Waals surface area contributed by atoms with Crippen LogP contribution in [-0.4, -0.2) is 20.1 Å². The van der Waals surface area contributed by atoms with Gasteiger partial charge in [0.05, 0.1) is 30.0 Å². The van der Waals surface area contributed by atoms with Gasteiger partial charge in [0.15, 0.2) is 11.5 Å². The molecule has 1 amide bonds. The fraction of sp³-hybridized carbons (Fsp3) is 0.133. The van der Waals surface area contributed by atoms with E-state index in [0.717, 1.165) is 0 Å². The number of hydrogen-bond acceptors (Lipinski definition) is 3. The van der Waals surface area contributed by atoms with Gasteiger partial charge >= 0.3 is 0 Å². The molecular weight excluding hydrogens is 349 g/mol. The van der Waals surface area contributed by atoms with Crippen LogP contribution in [0.3, 0.4) is 0 Å². The predicted molar refractivity (Wildman–Crippen MR) is 89.0 cm³/mol. The van der Waals surface area contributed by atoms with Crippen LogP contribution >= 0.6 is 34.8 Å². The summed E-state index contributed by atoms with van der Waals surface area (Å²) in [7, 11) is 2.93. The van der Waals surface area contributed by atoms with Crippen molar-refractivity contribution >= 4 is 46.4 Å². The Hall–Kier alpha value is -1.62. The van der Waals surface area contributed by atoms with Gasteiger partial charge < -0.3 is 14.8 Å². The average molecular weight is 361 g/mol. The number of carbonyl (C=O) groups excluding carboxylic acids is 1. The van der Waals surface area contributed by atoms with Crippen molar-refractivity contribution in [3.8, 4) is 11.5 Å². The number of benzene rings is 2. The minimum absolute atomic E-state index is 0.272. The third-order valence-corrected chi connectivity index (χ3v) is 3.70. The molecule has 7 heteroatoms. The molecule has 22 heavy (non-hydrogen) atoms. The molecule has 0 saturated carbocycles. The van der Waals surface area contributed by atoms with E-state index in [2.05, 4.69) is 5.32 Å². The first-order chi connectivity index (χ1) is 10.5. The van der Waals surface area contributed by atoms with Crippen LogP contribution in [0.4, 0.5) is 5.69 Å². The number of amides is 1. The fourth-order valence-corrected chi connectivity index (χ4v) is 2.58. The summed E-state index contributed by atoms with van der Waals surface area (Å²) >= 11 is 17.9. The number of anilines is 1. The zero-order valence-electron chi connectivity index (χ0n) is 11.7. The average Bonchev–Trinajstić information content (AvgIpc) is 2.49. The number of rotatable bonds is 4. The number of ether oxygens (including phenoxy) is 2. The maximum absolute atomic E-state index is 12.3. The number of carbonyl (C=O) groups is 1. The second kappa shape index (κ2) is 7.09. The van der Waals surface area contributed by atoms with E-state index in [-0.39, 0.29) is 10.9 Å². The van der Waals surface area contributed by atoms with E-state index in [1.54, 1.807) is 18.2 Å². The maximum Gasteiger partial charge on any atom is 0.255 e. The Morgan fingerprint density at radius 1 is 1.00 bits per heavy atom. The Labute approximate surface area is 142 Å². The summed E-state index contributed by atoms with van der Waals surface area (Å²) in [5.41, 5.74) is 0.760. The van der Waals surface area contributed by atoms with Gasteiger partial charge in [-0.15, -0.1) is 0 Å². The highest BCUT2D eigenvalue weighted by Gasteiger charge is 2.16. The summed E-state index contributed by atoms with van der Waals surface area (Å²) in [4.78, 5) is 12.3. The Bertz CT molecular complexity index is 719. The van der Waals surface area contributed by atoms with E-state index in [4.69, 9.17) is 44.3 Å². The van der Waals surface area contributed by atoms with Crippen LogP contribution in [0.1, 0.15) is 10.4 Å². The molecule has 0 aliphatic rings. The molecule has 0 atom stereocenters. The van der Waals surface area contributed by atoms with Crippen molar-refractivity contribution in [1.29, 1.82) is 0 Å². The first-order valence-electron chi connectivity index (χ1n) is 6.14. The third-order valence-electron chi connectivity index (χ3n) is 2.88. The number of methoxy groups -OCH3 is 2. The quantitative estimate of drug-likeness (QED) is 0.842. The van der Waals surface area contributed by atoms with Crippen molar-refractivity contribution < 1.29 is 14.3 Å². The zero-order chi connectivity index (χ0) is 16.3. The molecule has 0 saturated heterocycles. The van der Waals surface area contributed by atoms with E-state index in [0.29, 0.717) is 32.8 Å². The molecule has 0 bridgehead atoms. The van der Waals surface area contributed by atoms with Crippen molar-refractivity contribution in [3.63, 3.8) is 0 Å². The lowest BCUT2D eigenvalue weighted by Crippen LogP contribution is -2.12. The van der Waals surface area contributed by atoms with Crippen molar-refractivity contribution in [3.05, 3.63) is 51.0 Å². The lowest BCUT2D eigenvalue weighted by molar-refractivity contribution is 0.102. The SMILES string of the molecule is COc1cc(C(=O)Nc2ccc(Cl)cc2Cl)cc(Cl)c1OC. The molecule has 0 fully saturated rings. The number of nitrogens with one attached hydrogen (secondary N) is 1. The zero-order valence-corrected chi connectivity index (χ0v) is 14.0. The maximum atomic E-state index is 12.3. The van der Waals surface area contributed by atoms with Crippen LogP contribution in [0, 0.1) is 0 Å². The van der Waals surface area contributed by atoms with Gasteiger partial charge in [-0.25, -0.2) is 0 Å². The van der Waals surface area contributed by atoms with Gasteiger partial charge in [-0.1, -0.05) is 34.8 Å². The Kier molecular flexibility index (Phi) is 5.40. The van der Waals surface area contributed by atoms with E-state index in [1.807, 2.05) is 0 Å². The molecular formula is C15H12Cl3NO3. The molecule has 0 heterocycles. The second-order valence-corrected chi connectivity index (χ2v) is 5.52. The smallest absolute Gasteiger partial charge is 0.255 e. The lowest BCUT2D eigenvalue weighted by Gasteiger charge is -2.12. The van der Waals surface area contributed by atoms with Crippen LogP contribution in [-0.2, 0) is 0 Å². The minimum atomic E-state index is -0.382. The van der Waals surface area contributed by atoms with Crippen LogP contribution in [0.2, 0.25) is 15.1 Å². The van der Waals surface area contributed by atoms with Gasteiger partial charge in [0.1, 0.15) is 0 Å². The summed E-state index contributed by atoms with van der Waals surface area (Å²) in [6.07, 6.45) is 0. The van der Waals surface area contributed by atoms with Gasteiger partial charge in [-0.3, -0.25) is 4.79 Å². The summed E-state index contributed by atoms with van der Waals surface area (Å²) in [6, 6.07) is 7.81. The highest BCUT2D eigenvalue weighted by molar-refractivity contribution is 6.37. The van der Waals surface area contributed by atoms with E-state index in [1.165, 1.54) is 26.4 Å². The molecule has 0 aromatic heterocycles. The summed E-state index contributed by atoms with van der Waals surface area (Å²) < 4.78 is 10.3. The van der Waals surface area contributed by atoms with Gasteiger partial charge in [-0.05, 0) is 30.3 Å². The highest BCUT2D eigenvalue weighted by atomic mass is 35.5. The molecule has 2 aromatic carbocycles. The Balaban J connectivity index is 2.31. The molecule has 1 N–H and O–H groups in total. The predicted octanol–water partition coefficient (Wildman–Crippen LogP) is 4.92. The van der Waals surface area contributed by atoms with Crippen molar-refractivity contribution in [2.24, 2.45) is 0 Å². The normalized spacial score (nSPS) is 10.2. The standard InChI is InChI=1S/C15H12Cl3NO3/c1-21-13-6-8(5-11(18)14(13)22-2)15(20)19-12-4-3-9(16)7-10(12)17/h3-7H,1-2H3,(H,19,20). The largest absolute Gasteiger partial charge is 0.493 e. The Morgan fingerprint density at radius 2 is 1.73 bits per heavy atom. The van der Waals surface area contributed by atoms with Gasteiger partial charge in [-0.2, -0.15) is 0 Å². The molecule has 2 rings (SSSR count). The molecule has 0 unspecified atom stereocenters. The fourth-order valence-electron chi connectivity index (χ4n) is 1.83. The molecule has 116 valence electrons. The highest BCUT2D eigenvalue weighted by Crippen LogP contribution is 2.36. The number of hydrogen-bond donors (Lipinski definition) is 1. The first-order valence-corrected chi connectivity index (χ1v) is 7.27. The van der Waals surface area contributed by atoms with E-state index >= 15 is 0 Å². The molecule has 0 aliphatic carbocycles. The molecule has 0 radical (unpaired) electrons. The number of halogens is 3. The van der Waals surface area contributed by atoms with Crippen LogP contribution in [0.15, 0.2) is 30.3 Å². The van der Waals surface area contributed by atoms with E-state index in [9.17, 15) is 4.79 Å². The molecule has 4 nitrogen and oxygen atoms in total. The minimum Gasteiger partial charge on any atom is -0.493 e. The first kappa shape index (κ1) is 16.7.